The van der Waals surface area contributed by atoms with Gasteiger partial charge in [0.15, 0.2) is 11.6 Å². The van der Waals surface area contributed by atoms with Gasteiger partial charge >= 0.3 is 0 Å². The second-order valence-corrected chi connectivity index (χ2v) is 8.33. The first-order chi connectivity index (χ1) is 16.7. The Morgan fingerprint density at radius 1 is 0.765 bits per heavy atom. The number of fused-ring (bicyclic) bond motifs is 2. The van der Waals surface area contributed by atoms with Crippen LogP contribution in [0.25, 0.3) is 0 Å². The van der Waals surface area contributed by atoms with Crippen LogP contribution in [0.3, 0.4) is 0 Å². The van der Waals surface area contributed by atoms with E-state index in [2.05, 4.69) is 13.2 Å². The van der Waals surface area contributed by atoms with Gasteiger partial charge in [-0.3, -0.25) is 19.6 Å². The third-order valence-electron chi connectivity index (χ3n) is 6.34. The Morgan fingerprint density at radius 3 is 1.56 bits per heavy atom. The van der Waals surface area contributed by atoms with Gasteiger partial charge in [0.1, 0.15) is 13.5 Å². The van der Waals surface area contributed by atoms with Crippen molar-refractivity contribution in [1.29, 1.82) is 0 Å². The number of nitrogens with zero attached hydrogens (tertiary/aromatic N) is 4. The molecule has 0 saturated carbocycles. The van der Waals surface area contributed by atoms with Gasteiger partial charge in [0.25, 0.3) is 0 Å². The maximum absolute atomic E-state index is 13.9. The van der Waals surface area contributed by atoms with Crippen molar-refractivity contribution in [3.05, 3.63) is 84.0 Å². The van der Waals surface area contributed by atoms with E-state index in [1.807, 2.05) is 32.2 Å². The molecule has 8 nitrogen and oxygen atoms in total. The molecule has 1 aliphatic carbocycles. The van der Waals surface area contributed by atoms with Gasteiger partial charge in [0.2, 0.25) is 0 Å². The molecule has 0 bridgehead atoms. The molecule has 5 rings (SSSR count). The minimum atomic E-state index is -0.160. The minimum absolute atomic E-state index is 0.160. The summed E-state index contributed by atoms with van der Waals surface area (Å²) in [5.74, 6) is -0.320. The third kappa shape index (κ3) is 3.74. The van der Waals surface area contributed by atoms with Gasteiger partial charge < -0.3 is 9.47 Å². The number of hydrogen-bond donors (Lipinski definition) is 0. The Morgan fingerprint density at radius 2 is 1.21 bits per heavy atom. The summed E-state index contributed by atoms with van der Waals surface area (Å²) in [5.41, 5.74) is 3.01. The molecule has 0 spiro atoms. The van der Waals surface area contributed by atoms with Crippen molar-refractivity contribution < 1.29 is 19.1 Å². The summed E-state index contributed by atoms with van der Waals surface area (Å²) in [7, 11) is 0. The monoisotopic (exact) mass is 460 g/mol. The molecule has 0 unspecified atom stereocenters. The number of anilines is 2. The number of carbonyl (C=O) groups is 2. The second-order valence-electron chi connectivity index (χ2n) is 8.33. The molecule has 2 aliphatic heterocycles. The molecule has 2 aromatic carbocycles. The number of hydrazine groups is 2. The smallest absolute Gasteiger partial charge is 0.196 e. The summed E-state index contributed by atoms with van der Waals surface area (Å²) in [6.07, 6.45) is 3.57. The highest BCUT2D eigenvalue weighted by molar-refractivity contribution is 6.32. The number of benzene rings is 2. The molecule has 0 atom stereocenters. The molecular formula is C26H28N4O4. The van der Waals surface area contributed by atoms with E-state index in [0.717, 1.165) is 0 Å². The number of carbonyl (C=O) groups excluding carboxylic acids is 2. The molecule has 0 amide bonds. The first-order valence-electron chi connectivity index (χ1n) is 11.4. The highest BCUT2D eigenvalue weighted by Gasteiger charge is 2.38. The van der Waals surface area contributed by atoms with Gasteiger partial charge in [-0.1, -0.05) is 36.4 Å². The summed E-state index contributed by atoms with van der Waals surface area (Å²) >= 11 is 0. The Labute approximate surface area is 199 Å². The van der Waals surface area contributed by atoms with E-state index in [1.54, 1.807) is 36.4 Å². The van der Waals surface area contributed by atoms with Crippen LogP contribution in [0.1, 0.15) is 31.8 Å². The zero-order chi connectivity index (χ0) is 23.7. The molecule has 0 aromatic heterocycles. The SMILES string of the molecule is C=CCN(c1ccc(N(CC=C)N2CCOC2)c2c1C(=O)c1ccccc1C2=O)N1CCOC1. The molecule has 0 N–H and O–H groups in total. The lowest BCUT2D eigenvalue weighted by Crippen LogP contribution is -2.44. The minimum Gasteiger partial charge on any atom is -0.363 e. The lowest BCUT2D eigenvalue weighted by Gasteiger charge is -2.37. The normalized spacial score (nSPS) is 18.0. The van der Waals surface area contributed by atoms with Crippen LogP contribution < -0.4 is 10.0 Å². The van der Waals surface area contributed by atoms with E-state index in [1.165, 1.54) is 0 Å². The van der Waals surface area contributed by atoms with Gasteiger partial charge in [-0.15, -0.1) is 13.2 Å². The molecule has 34 heavy (non-hydrogen) atoms. The highest BCUT2D eigenvalue weighted by Crippen LogP contribution is 2.40. The topological polar surface area (TPSA) is 65.6 Å². The summed E-state index contributed by atoms with van der Waals surface area (Å²) < 4.78 is 11.1. The average Bonchev–Trinajstić information content (AvgIpc) is 3.59. The predicted octanol–water partition coefficient (Wildman–Crippen LogP) is 2.86. The zero-order valence-corrected chi connectivity index (χ0v) is 19.1. The first-order valence-corrected chi connectivity index (χ1v) is 11.4. The van der Waals surface area contributed by atoms with Crippen LogP contribution in [0.5, 0.6) is 0 Å². The van der Waals surface area contributed by atoms with Crippen molar-refractivity contribution in [2.75, 3.05) is 62.9 Å². The summed E-state index contributed by atoms with van der Waals surface area (Å²) in [5, 5.41) is 8.03. The number of ketones is 2. The van der Waals surface area contributed by atoms with Crippen LogP contribution in [0.2, 0.25) is 0 Å². The van der Waals surface area contributed by atoms with Crippen molar-refractivity contribution in [3.63, 3.8) is 0 Å². The number of hydrogen-bond acceptors (Lipinski definition) is 8. The Kier molecular flexibility index (Phi) is 6.30. The van der Waals surface area contributed by atoms with Gasteiger partial charge in [-0.25, -0.2) is 0 Å². The molecule has 2 aromatic rings. The summed E-state index contributed by atoms with van der Waals surface area (Å²) in [4.78, 5) is 27.8. The fourth-order valence-corrected chi connectivity index (χ4v) is 4.79. The molecular weight excluding hydrogens is 432 g/mol. The van der Waals surface area contributed by atoms with Gasteiger partial charge in [0, 0.05) is 24.2 Å². The standard InChI is InChI=1S/C26H28N4O4/c1-3-11-29(27-13-15-33-17-27)21-9-10-22(30(12-4-2)28-14-16-34-18-28)24-23(21)25(31)19-7-5-6-8-20(19)26(24)32/h3-10H,1-2,11-18H2. The van der Waals surface area contributed by atoms with E-state index in [4.69, 9.17) is 9.47 Å². The van der Waals surface area contributed by atoms with Crippen LogP contribution >= 0.6 is 0 Å². The fraction of sp³-hybridized carbons (Fsp3) is 0.308. The van der Waals surface area contributed by atoms with Crippen LogP contribution in [-0.2, 0) is 9.47 Å². The van der Waals surface area contributed by atoms with E-state index in [-0.39, 0.29) is 11.6 Å². The van der Waals surface area contributed by atoms with Crippen molar-refractivity contribution in [3.8, 4) is 0 Å². The first kappa shape index (κ1) is 22.5. The van der Waals surface area contributed by atoms with E-state index >= 15 is 0 Å². The Bertz CT molecular complexity index is 1050. The third-order valence-corrected chi connectivity index (χ3v) is 6.34. The number of ether oxygens (including phenoxy) is 2. The van der Waals surface area contributed by atoms with Crippen LogP contribution in [-0.4, -0.2) is 74.4 Å². The highest BCUT2D eigenvalue weighted by atomic mass is 16.5. The van der Waals surface area contributed by atoms with Crippen molar-refractivity contribution in [2.45, 2.75) is 0 Å². The molecule has 2 fully saturated rings. The molecule has 2 saturated heterocycles. The molecule has 0 radical (unpaired) electrons. The largest absolute Gasteiger partial charge is 0.363 e. The van der Waals surface area contributed by atoms with Crippen molar-refractivity contribution in [1.82, 2.24) is 10.0 Å². The molecule has 3 aliphatic rings. The predicted molar refractivity (Wildman–Crippen MR) is 130 cm³/mol. The van der Waals surface area contributed by atoms with Crippen molar-refractivity contribution in [2.24, 2.45) is 0 Å². The lowest BCUT2D eigenvalue weighted by molar-refractivity contribution is 0.0976. The Balaban J connectivity index is 1.73. The Hall–Kier alpha value is -3.30. The quantitative estimate of drug-likeness (QED) is 0.476. The van der Waals surface area contributed by atoms with Gasteiger partial charge in [-0.05, 0) is 12.1 Å². The van der Waals surface area contributed by atoms with E-state index < -0.39 is 0 Å². The van der Waals surface area contributed by atoms with Crippen LogP contribution in [0.15, 0.2) is 61.7 Å². The van der Waals surface area contributed by atoms with Crippen LogP contribution in [0, 0.1) is 0 Å². The molecule has 176 valence electrons. The van der Waals surface area contributed by atoms with Gasteiger partial charge in [0.05, 0.1) is 48.8 Å². The maximum atomic E-state index is 13.9. The zero-order valence-electron chi connectivity index (χ0n) is 19.1. The van der Waals surface area contributed by atoms with Crippen molar-refractivity contribution >= 4 is 22.9 Å². The summed E-state index contributed by atoms with van der Waals surface area (Å²) in [6, 6.07) is 10.9. The van der Waals surface area contributed by atoms with E-state index in [9.17, 15) is 9.59 Å². The fourth-order valence-electron chi connectivity index (χ4n) is 4.79. The molecule has 8 heteroatoms. The van der Waals surface area contributed by atoms with E-state index in [0.29, 0.717) is 86.5 Å². The number of rotatable bonds is 8. The molecule has 2 heterocycles. The lowest BCUT2D eigenvalue weighted by atomic mass is 9.82. The van der Waals surface area contributed by atoms with Crippen LogP contribution in [0.4, 0.5) is 11.4 Å². The average molecular weight is 461 g/mol. The maximum Gasteiger partial charge on any atom is 0.196 e. The van der Waals surface area contributed by atoms with Gasteiger partial charge in [-0.2, -0.15) is 10.0 Å². The summed E-state index contributed by atoms with van der Waals surface area (Å²) in [6.45, 7) is 12.2. The second kappa shape index (κ2) is 9.52.